The van der Waals surface area contributed by atoms with E-state index in [2.05, 4.69) is 15.6 Å². The monoisotopic (exact) mass is 328 g/mol. The van der Waals surface area contributed by atoms with Gasteiger partial charge in [-0.05, 0) is 6.07 Å². The van der Waals surface area contributed by atoms with Gasteiger partial charge in [-0.2, -0.15) is 4.98 Å². The Balaban J connectivity index is 1.98. The number of carbonyl (C=O) groups excluding carboxylic acids is 1. The van der Waals surface area contributed by atoms with Gasteiger partial charge in [-0.3, -0.25) is 9.88 Å². The van der Waals surface area contributed by atoms with Gasteiger partial charge in [0.15, 0.2) is 0 Å². The van der Waals surface area contributed by atoms with Crippen LogP contribution in [-0.4, -0.2) is 64.9 Å². The minimum atomic E-state index is -0.846. The average molecular weight is 328 g/mol. The van der Waals surface area contributed by atoms with Crippen LogP contribution in [0, 0.1) is 0 Å². The predicted octanol–water partition coefficient (Wildman–Crippen LogP) is -1.35. The predicted molar refractivity (Wildman–Crippen MR) is 79.0 cm³/mol. The lowest BCUT2D eigenvalue weighted by molar-refractivity contribution is -0.0458. The fraction of sp³-hybridized carbons (Fsp3) is 0.615. The van der Waals surface area contributed by atoms with E-state index >= 15 is 0 Å². The molecule has 10 heteroatoms. The van der Waals surface area contributed by atoms with Crippen LogP contribution in [0.25, 0.3) is 0 Å². The van der Waals surface area contributed by atoms with Gasteiger partial charge in [0, 0.05) is 26.3 Å². The number of nitrogens with zero attached hydrogens (tertiary/aromatic N) is 2. The third kappa shape index (κ3) is 4.48. The van der Waals surface area contributed by atoms with Crippen molar-refractivity contribution < 1.29 is 24.5 Å². The zero-order chi connectivity index (χ0) is 16.8. The molecule has 2 amide bonds. The van der Waals surface area contributed by atoms with Gasteiger partial charge < -0.3 is 25.0 Å². The normalized spacial score (nSPS) is 23.7. The molecule has 10 nitrogen and oxygen atoms in total. The van der Waals surface area contributed by atoms with E-state index in [4.69, 9.17) is 14.6 Å². The number of aliphatic hydroxyl groups is 2. The third-order valence-electron chi connectivity index (χ3n) is 3.36. The molecule has 0 radical (unpaired) electrons. The topological polar surface area (TPSA) is 135 Å². The van der Waals surface area contributed by atoms with Crippen LogP contribution in [-0.2, 0) is 9.47 Å². The van der Waals surface area contributed by atoms with Gasteiger partial charge >= 0.3 is 11.7 Å². The van der Waals surface area contributed by atoms with E-state index in [1.165, 1.54) is 23.9 Å². The molecule has 1 aromatic heterocycles. The van der Waals surface area contributed by atoms with Gasteiger partial charge in [0.25, 0.3) is 0 Å². The fourth-order valence-corrected chi connectivity index (χ4v) is 2.18. The Morgan fingerprint density at radius 3 is 3.00 bits per heavy atom. The highest BCUT2D eigenvalue weighted by molar-refractivity contribution is 5.88. The van der Waals surface area contributed by atoms with Gasteiger partial charge in [0.1, 0.15) is 18.1 Å². The van der Waals surface area contributed by atoms with Crippen LogP contribution in [0.4, 0.5) is 10.6 Å². The maximum absolute atomic E-state index is 12.0. The summed E-state index contributed by atoms with van der Waals surface area (Å²) in [6, 6.07) is 0.943. The third-order valence-corrected chi connectivity index (χ3v) is 3.36. The molecule has 1 fully saturated rings. The van der Waals surface area contributed by atoms with Gasteiger partial charge in [0.05, 0.1) is 19.3 Å². The zero-order valence-corrected chi connectivity index (χ0v) is 12.6. The Morgan fingerprint density at radius 1 is 1.61 bits per heavy atom. The highest BCUT2D eigenvalue weighted by Gasteiger charge is 2.34. The molecule has 0 aromatic carbocycles. The zero-order valence-electron chi connectivity index (χ0n) is 12.6. The molecule has 2 rings (SSSR count). The maximum atomic E-state index is 12.0. The van der Waals surface area contributed by atoms with Crippen molar-refractivity contribution >= 4 is 11.8 Å². The smallest absolute Gasteiger partial charge is 0.351 e. The number of hydrogen-bond acceptors (Lipinski definition) is 7. The molecule has 0 spiro atoms. The van der Waals surface area contributed by atoms with Crippen molar-refractivity contribution in [1.82, 2.24) is 14.9 Å². The van der Waals surface area contributed by atoms with Crippen LogP contribution in [0.15, 0.2) is 17.1 Å². The van der Waals surface area contributed by atoms with E-state index in [0.717, 1.165) is 0 Å². The molecule has 23 heavy (non-hydrogen) atoms. The molecule has 0 aliphatic carbocycles. The Morgan fingerprint density at radius 2 is 2.39 bits per heavy atom. The molecule has 1 aliphatic rings. The van der Waals surface area contributed by atoms with E-state index in [1.807, 2.05) is 0 Å². The second-order valence-electron chi connectivity index (χ2n) is 4.99. The summed E-state index contributed by atoms with van der Waals surface area (Å²) >= 11 is 0. The lowest BCUT2D eigenvalue weighted by atomic mass is 10.2. The Bertz CT molecular complexity index is 592. The number of aliphatic hydroxyl groups excluding tert-OH is 2. The molecule has 1 saturated heterocycles. The summed E-state index contributed by atoms with van der Waals surface area (Å²) in [7, 11) is 1.52. The first kappa shape index (κ1) is 17.3. The van der Waals surface area contributed by atoms with Crippen molar-refractivity contribution in [2.75, 3.05) is 32.2 Å². The first-order valence-electron chi connectivity index (χ1n) is 7.12. The summed E-state index contributed by atoms with van der Waals surface area (Å²) in [5.74, 6) is 0.0958. The van der Waals surface area contributed by atoms with E-state index in [1.54, 1.807) is 0 Å². The second-order valence-corrected chi connectivity index (χ2v) is 4.99. The summed E-state index contributed by atoms with van der Waals surface area (Å²) in [4.78, 5) is 27.3. The Hall–Kier alpha value is -2.01. The average Bonchev–Trinajstić information content (AvgIpc) is 2.88. The molecule has 0 bridgehead atoms. The van der Waals surface area contributed by atoms with Crippen LogP contribution >= 0.6 is 0 Å². The minimum absolute atomic E-state index is 0.0958. The molecular weight excluding hydrogens is 308 g/mol. The summed E-state index contributed by atoms with van der Waals surface area (Å²) in [6.07, 6.45) is -0.682. The van der Waals surface area contributed by atoms with Crippen LogP contribution < -0.4 is 16.3 Å². The molecule has 2 heterocycles. The summed E-state index contributed by atoms with van der Waals surface area (Å²) in [5, 5.41) is 23.7. The van der Waals surface area contributed by atoms with E-state index in [9.17, 15) is 14.7 Å². The second kappa shape index (κ2) is 8.02. The van der Waals surface area contributed by atoms with Gasteiger partial charge in [-0.25, -0.2) is 9.59 Å². The Kier molecular flexibility index (Phi) is 6.04. The molecule has 128 valence electrons. The molecule has 1 aromatic rings. The molecule has 3 atom stereocenters. The standard InChI is InChI=1S/C13H20N4O6/c1-22-5-3-14-12(20)15-10-2-4-17(13(21)16-10)11-6-8(19)9(7-18)23-11/h2,4,8-9,11,18-19H,3,5-7H2,1H3,(H2,14,15,16,20,21)/t8-,9+,11+/m0/s1. The van der Waals surface area contributed by atoms with E-state index < -0.39 is 30.2 Å². The number of aromatic nitrogens is 2. The largest absolute Gasteiger partial charge is 0.394 e. The van der Waals surface area contributed by atoms with Crippen molar-refractivity contribution in [3.05, 3.63) is 22.7 Å². The number of rotatable bonds is 6. The van der Waals surface area contributed by atoms with Crippen LogP contribution in [0.5, 0.6) is 0 Å². The SMILES string of the molecule is COCCNC(=O)Nc1ccn([C@H]2C[C@H](O)[C@@H](CO)O2)c(=O)n1. The van der Waals surface area contributed by atoms with Crippen molar-refractivity contribution in [3.8, 4) is 0 Å². The summed E-state index contributed by atoms with van der Waals surface area (Å²) in [5.41, 5.74) is -0.629. The highest BCUT2D eigenvalue weighted by Crippen LogP contribution is 2.27. The van der Waals surface area contributed by atoms with E-state index in [-0.39, 0.29) is 18.8 Å². The molecule has 4 N–H and O–H groups in total. The minimum Gasteiger partial charge on any atom is -0.394 e. The first-order valence-corrected chi connectivity index (χ1v) is 7.12. The van der Waals surface area contributed by atoms with Crippen LogP contribution in [0.2, 0.25) is 0 Å². The maximum Gasteiger partial charge on any atom is 0.351 e. The van der Waals surface area contributed by atoms with Gasteiger partial charge in [0.2, 0.25) is 0 Å². The number of hydrogen-bond donors (Lipinski definition) is 4. The number of amides is 2. The number of nitrogens with one attached hydrogen (secondary N) is 2. The number of methoxy groups -OCH3 is 1. The van der Waals surface area contributed by atoms with Crippen molar-refractivity contribution in [2.24, 2.45) is 0 Å². The molecule has 0 unspecified atom stereocenters. The quantitative estimate of drug-likeness (QED) is 0.474. The molecular formula is C13H20N4O6. The Labute approximate surface area is 132 Å². The molecule has 0 saturated carbocycles. The first-order chi connectivity index (χ1) is 11.0. The number of carbonyl (C=O) groups is 1. The fourth-order valence-electron chi connectivity index (χ4n) is 2.18. The van der Waals surface area contributed by atoms with Gasteiger partial charge in [-0.1, -0.05) is 0 Å². The van der Waals surface area contributed by atoms with Crippen molar-refractivity contribution in [2.45, 2.75) is 24.9 Å². The summed E-state index contributed by atoms with van der Waals surface area (Å²) in [6.45, 7) is 0.368. The van der Waals surface area contributed by atoms with Crippen LogP contribution in [0.1, 0.15) is 12.6 Å². The molecule has 1 aliphatic heterocycles. The number of anilines is 1. The van der Waals surface area contributed by atoms with Crippen LogP contribution in [0.3, 0.4) is 0 Å². The van der Waals surface area contributed by atoms with Crippen molar-refractivity contribution in [1.29, 1.82) is 0 Å². The van der Waals surface area contributed by atoms with Gasteiger partial charge in [-0.15, -0.1) is 0 Å². The van der Waals surface area contributed by atoms with Crippen molar-refractivity contribution in [3.63, 3.8) is 0 Å². The lowest BCUT2D eigenvalue weighted by Crippen LogP contribution is -2.33. The number of ether oxygens (including phenoxy) is 2. The summed E-state index contributed by atoms with van der Waals surface area (Å²) < 4.78 is 11.4. The number of urea groups is 1. The highest BCUT2D eigenvalue weighted by atomic mass is 16.5. The lowest BCUT2D eigenvalue weighted by Gasteiger charge is -2.14. The van der Waals surface area contributed by atoms with E-state index in [0.29, 0.717) is 13.2 Å².